The van der Waals surface area contributed by atoms with Crippen LogP contribution in [0.25, 0.3) is 10.9 Å². The Labute approximate surface area is 134 Å². The molecular formula is C15H17ClN2O3S. The van der Waals surface area contributed by atoms with Gasteiger partial charge in [-0.15, -0.1) is 0 Å². The van der Waals surface area contributed by atoms with Crippen LogP contribution < -0.4 is 0 Å². The normalized spacial score (nSPS) is 20.4. The predicted octanol–water partition coefficient (Wildman–Crippen LogP) is 2.09. The molecule has 1 atom stereocenters. The average molecular weight is 341 g/mol. The second-order valence-electron chi connectivity index (χ2n) is 5.73. The van der Waals surface area contributed by atoms with Crippen molar-refractivity contribution < 1.29 is 13.2 Å². The summed E-state index contributed by atoms with van der Waals surface area (Å²) in [6.45, 7) is 0. The van der Waals surface area contributed by atoms with Crippen LogP contribution in [0.1, 0.15) is 16.9 Å². The smallest absolute Gasteiger partial charge is 0.270 e. The molecule has 1 aliphatic rings. The maximum absolute atomic E-state index is 12.7. The van der Waals surface area contributed by atoms with Gasteiger partial charge in [0.15, 0.2) is 9.84 Å². The van der Waals surface area contributed by atoms with Crippen LogP contribution in [-0.2, 0) is 16.9 Å². The Morgan fingerprint density at radius 2 is 2.14 bits per heavy atom. The average Bonchev–Trinajstić information content (AvgIpc) is 2.99. The van der Waals surface area contributed by atoms with E-state index in [2.05, 4.69) is 0 Å². The molecule has 7 heteroatoms. The first-order chi connectivity index (χ1) is 10.3. The first-order valence-corrected chi connectivity index (χ1v) is 9.21. The lowest BCUT2D eigenvalue weighted by Gasteiger charge is -2.23. The molecule has 1 amide bonds. The van der Waals surface area contributed by atoms with Gasteiger partial charge in [-0.2, -0.15) is 0 Å². The van der Waals surface area contributed by atoms with Crippen molar-refractivity contribution in [2.45, 2.75) is 12.5 Å². The number of rotatable bonds is 2. The highest BCUT2D eigenvalue weighted by atomic mass is 35.5. The summed E-state index contributed by atoms with van der Waals surface area (Å²) >= 11 is 6.17. The largest absolute Gasteiger partial charge is 0.340 e. The number of amides is 1. The number of aromatic nitrogens is 1. The molecule has 2 aromatic rings. The number of fused-ring (bicyclic) bond motifs is 1. The summed E-state index contributed by atoms with van der Waals surface area (Å²) in [5.74, 6) is 0.00718. The number of halogens is 1. The lowest BCUT2D eigenvalue weighted by Crippen LogP contribution is -2.38. The summed E-state index contributed by atoms with van der Waals surface area (Å²) in [7, 11) is 0.451. The summed E-state index contributed by atoms with van der Waals surface area (Å²) in [6, 6.07) is 7.03. The van der Waals surface area contributed by atoms with Crippen molar-refractivity contribution >= 4 is 38.2 Å². The molecule has 0 saturated carbocycles. The molecule has 0 N–H and O–H groups in total. The van der Waals surface area contributed by atoms with E-state index < -0.39 is 9.84 Å². The minimum atomic E-state index is -3.02. The molecule has 3 rings (SSSR count). The lowest BCUT2D eigenvalue weighted by atomic mass is 10.2. The highest BCUT2D eigenvalue weighted by molar-refractivity contribution is 7.91. The fourth-order valence-electron chi connectivity index (χ4n) is 2.96. The topological polar surface area (TPSA) is 59.4 Å². The van der Waals surface area contributed by atoms with E-state index in [1.54, 1.807) is 23.7 Å². The number of carbonyl (C=O) groups excluding carboxylic acids is 1. The van der Waals surface area contributed by atoms with Crippen LogP contribution >= 0.6 is 11.6 Å². The van der Waals surface area contributed by atoms with Crippen LogP contribution in [0.5, 0.6) is 0 Å². The first-order valence-electron chi connectivity index (χ1n) is 7.02. The predicted molar refractivity (Wildman–Crippen MR) is 87.1 cm³/mol. The maximum atomic E-state index is 12.7. The van der Waals surface area contributed by atoms with E-state index in [4.69, 9.17) is 11.6 Å². The molecule has 1 aromatic carbocycles. The van der Waals surface area contributed by atoms with Crippen molar-refractivity contribution in [3.63, 3.8) is 0 Å². The third kappa shape index (κ3) is 2.50. The van der Waals surface area contributed by atoms with Crippen molar-refractivity contribution in [3.8, 4) is 0 Å². The number of sulfone groups is 1. The number of carbonyl (C=O) groups is 1. The molecular weight excluding hydrogens is 324 g/mol. The molecule has 0 spiro atoms. The van der Waals surface area contributed by atoms with Gasteiger partial charge in [0.2, 0.25) is 0 Å². The van der Waals surface area contributed by atoms with Gasteiger partial charge in [-0.3, -0.25) is 4.79 Å². The van der Waals surface area contributed by atoms with Gasteiger partial charge in [-0.1, -0.05) is 17.7 Å². The summed E-state index contributed by atoms with van der Waals surface area (Å²) in [6.07, 6.45) is 0.495. The Balaban J connectivity index is 1.96. The first kappa shape index (κ1) is 15.4. The summed E-state index contributed by atoms with van der Waals surface area (Å²) < 4.78 is 25.0. The van der Waals surface area contributed by atoms with Crippen molar-refractivity contribution in [2.75, 3.05) is 18.6 Å². The molecule has 2 heterocycles. The fourth-order valence-corrected chi connectivity index (χ4v) is 4.96. The van der Waals surface area contributed by atoms with Crippen LogP contribution in [0.15, 0.2) is 24.3 Å². The molecule has 5 nitrogen and oxygen atoms in total. The highest BCUT2D eigenvalue weighted by Crippen LogP contribution is 2.27. The van der Waals surface area contributed by atoms with Crippen LogP contribution in [0.2, 0.25) is 5.02 Å². The van der Waals surface area contributed by atoms with Crippen molar-refractivity contribution in [3.05, 3.63) is 35.0 Å². The quantitative estimate of drug-likeness (QED) is 0.841. The Morgan fingerprint density at radius 1 is 1.41 bits per heavy atom. The van der Waals surface area contributed by atoms with E-state index in [1.165, 1.54) is 4.90 Å². The highest BCUT2D eigenvalue weighted by Gasteiger charge is 2.33. The zero-order valence-corrected chi connectivity index (χ0v) is 14.0. The number of aryl methyl sites for hydroxylation is 1. The maximum Gasteiger partial charge on any atom is 0.270 e. The second kappa shape index (κ2) is 5.28. The fraction of sp³-hybridized carbons (Fsp3) is 0.400. The third-order valence-electron chi connectivity index (χ3n) is 4.33. The number of nitrogens with zero attached hydrogens (tertiary/aromatic N) is 2. The van der Waals surface area contributed by atoms with Crippen molar-refractivity contribution in [1.29, 1.82) is 0 Å². The van der Waals surface area contributed by atoms with Gasteiger partial charge in [0.05, 0.1) is 11.5 Å². The minimum Gasteiger partial charge on any atom is -0.340 e. The SMILES string of the molecule is CN(C(=O)c1cc2c(Cl)cccc2n1C)C1CCS(=O)(=O)C1. The molecule has 1 saturated heterocycles. The Hall–Kier alpha value is -1.53. The van der Waals surface area contributed by atoms with Crippen LogP contribution in [-0.4, -0.2) is 48.4 Å². The van der Waals surface area contributed by atoms with E-state index in [1.807, 2.05) is 19.2 Å². The summed E-state index contributed by atoms with van der Waals surface area (Å²) in [5, 5.41) is 1.42. The number of benzene rings is 1. The lowest BCUT2D eigenvalue weighted by molar-refractivity contribution is 0.0738. The Morgan fingerprint density at radius 3 is 2.73 bits per heavy atom. The monoisotopic (exact) mass is 340 g/mol. The van der Waals surface area contributed by atoms with Crippen molar-refractivity contribution in [2.24, 2.45) is 7.05 Å². The third-order valence-corrected chi connectivity index (χ3v) is 6.41. The van der Waals surface area contributed by atoms with Gasteiger partial charge in [0.25, 0.3) is 5.91 Å². The standard InChI is InChI=1S/C15H17ClN2O3S/c1-17(10-6-7-22(20,21)9-10)15(19)14-8-11-12(16)4-3-5-13(11)18(14)2/h3-5,8,10H,6-7,9H2,1-2H3. The molecule has 118 valence electrons. The Bertz CT molecular complexity index is 857. The van der Waals surface area contributed by atoms with Gasteiger partial charge in [-0.25, -0.2) is 8.42 Å². The number of hydrogen-bond acceptors (Lipinski definition) is 3. The molecule has 22 heavy (non-hydrogen) atoms. The zero-order valence-electron chi connectivity index (χ0n) is 12.4. The van der Waals surface area contributed by atoms with E-state index in [9.17, 15) is 13.2 Å². The van der Waals surface area contributed by atoms with Crippen LogP contribution in [0.3, 0.4) is 0 Å². The van der Waals surface area contributed by atoms with Gasteiger partial charge in [0.1, 0.15) is 5.69 Å². The molecule has 0 aliphatic carbocycles. The van der Waals surface area contributed by atoms with Crippen molar-refractivity contribution in [1.82, 2.24) is 9.47 Å². The van der Waals surface area contributed by atoms with Gasteiger partial charge >= 0.3 is 0 Å². The van der Waals surface area contributed by atoms with E-state index in [0.717, 1.165) is 10.9 Å². The zero-order chi connectivity index (χ0) is 16.1. The van der Waals surface area contributed by atoms with Gasteiger partial charge in [0, 0.05) is 36.1 Å². The van der Waals surface area contributed by atoms with E-state index >= 15 is 0 Å². The second-order valence-corrected chi connectivity index (χ2v) is 8.37. The van der Waals surface area contributed by atoms with Crippen LogP contribution in [0, 0.1) is 0 Å². The Kier molecular flexibility index (Phi) is 3.69. The van der Waals surface area contributed by atoms with Gasteiger partial charge in [-0.05, 0) is 24.6 Å². The molecule has 0 radical (unpaired) electrons. The molecule has 1 aliphatic heterocycles. The van der Waals surface area contributed by atoms with Gasteiger partial charge < -0.3 is 9.47 Å². The number of hydrogen-bond donors (Lipinski definition) is 0. The van der Waals surface area contributed by atoms with Crippen LogP contribution in [0.4, 0.5) is 0 Å². The van der Waals surface area contributed by atoms with E-state index in [-0.39, 0.29) is 23.5 Å². The summed E-state index contributed by atoms with van der Waals surface area (Å²) in [4.78, 5) is 14.2. The molecule has 1 unspecified atom stereocenters. The summed E-state index contributed by atoms with van der Waals surface area (Å²) in [5.41, 5.74) is 1.39. The molecule has 1 fully saturated rings. The molecule has 1 aromatic heterocycles. The molecule has 0 bridgehead atoms. The minimum absolute atomic E-state index is 0.0416. The van der Waals surface area contributed by atoms with E-state index in [0.29, 0.717) is 17.1 Å².